The van der Waals surface area contributed by atoms with Crippen molar-refractivity contribution in [1.29, 1.82) is 0 Å². The molecule has 2 aromatic rings. The van der Waals surface area contributed by atoms with Crippen LogP contribution in [0.1, 0.15) is 65.5 Å². The minimum atomic E-state index is -0.689. The quantitative estimate of drug-likeness (QED) is 0.556. The first-order chi connectivity index (χ1) is 19.5. The Bertz CT molecular complexity index is 1370. The first-order valence-corrected chi connectivity index (χ1v) is 13.8. The first kappa shape index (κ1) is 28.1. The molecule has 0 radical (unpaired) electrons. The highest BCUT2D eigenvalue weighted by Gasteiger charge is 2.40. The monoisotopic (exact) mass is 562 g/mol. The standard InChI is InChI=1S/C30H34N4O7/c1-30(2,3)41-29(39)33-15-13-32(14-16-33)27(37)20-9-7-19(8-10-20)18-40-24-6-4-5-21-22(24)17-34(28(21)38)23-11-12-25(35)31-26(23)36/h4-10,23H,11-18H2,1-3H3,(H,31,35,36). The smallest absolute Gasteiger partial charge is 0.410 e. The number of amides is 5. The Morgan fingerprint density at radius 2 is 1.63 bits per heavy atom. The summed E-state index contributed by atoms with van der Waals surface area (Å²) in [6, 6.07) is 11.7. The third-order valence-corrected chi connectivity index (χ3v) is 7.35. The van der Waals surface area contributed by atoms with Crippen molar-refractivity contribution in [2.24, 2.45) is 0 Å². The van der Waals surface area contributed by atoms with Gasteiger partial charge in [-0.2, -0.15) is 0 Å². The van der Waals surface area contributed by atoms with Gasteiger partial charge < -0.3 is 24.2 Å². The number of hydrogen-bond acceptors (Lipinski definition) is 7. The molecule has 2 fully saturated rings. The van der Waals surface area contributed by atoms with Crippen molar-refractivity contribution in [3.63, 3.8) is 0 Å². The van der Waals surface area contributed by atoms with Gasteiger partial charge in [0.05, 0.1) is 6.54 Å². The molecule has 3 aliphatic heterocycles. The van der Waals surface area contributed by atoms with Gasteiger partial charge in [-0.05, 0) is 57.0 Å². The molecule has 2 aromatic carbocycles. The first-order valence-electron chi connectivity index (χ1n) is 13.8. The van der Waals surface area contributed by atoms with Crippen LogP contribution < -0.4 is 10.1 Å². The molecule has 41 heavy (non-hydrogen) atoms. The van der Waals surface area contributed by atoms with E-state index < -0.39 is 17.6 Å². The Morgan fingerprint density at radius 3 is 2.29 bits per heavy atom. The maximum atomic E-state index is 13.0. The number of nitrogens with zero attached hydrogens (tertiary/aromatic N) is 3. The number of piperazine rings is 1. The maximum Gasteiger partial charge on any atom is 0.410 e. The van der Waals surface area contributed by atoms with Crippen LogP contribution in [-0.2, 0) is 27.5 Å². The van der Waals surface area contributed by atoms with Gasteiger partial charge >= 0.3 is 6.09 Å². The fourth-order valence-electron chi connectivity index (χ4n) is 5.20. The van der Waals surface area contributed by atoms with E-state index in [0.717, 1.165) is 5.56 Å². The predicted octanol–water partition coefficient (Wildman–Crippen LogP) is 2.72. The SMILES string of the molecule is CC(C)(C)OC(=O)N1CCN(C(=O)c2ccc(COc3cccc4c3CN(C3CCC(=O)NC3=O)C4=O)cc2)CC1. The number of imide groups is 1. The largest absolute Gasteiger partial charge is 0.489 e. The molecule has 11 heteroatoms. The second kappa shape index (κ2) is 11.2. The van der Waals surface area contributed by atoms with Crippen molar-refractivity contribution in [3.05, 3.63) is 64.7 Å². The number of rotatable bonds is 5. The van der Waals surface area contributed by atoms with Crippen LogP contribution in [-0.4, -0.2) is 82.2 Å². The van der Waals surface area contributed by atoms with Gasteiger partial charge in [-0.25, -0.2) is 4.79 Å². The van der Waals surface area contributed by atoms with E-state index in [9.17, 15) is 24.0 Å². The van der Waals surface area contributed by atoms with Crippen LogP contribution in [0.2, 0.25) is 0 Å². The number of carbonyl (C=O) groups is 5. The zero-order valence-corrected chi connectivity index (χ0v) is 23.5. The molecule has 216 valence electrons. The van der Waals surface area contributed by atoms with Gasteiger partial charge in [-0.15, -0.1) is 0 Å². The average Bonchev–Trinajstić information content (AvgIpc) is 3.27. The van der Waals surface area contributed by atoms with Crippen molar-refractivity contribution < 1.29 is 33.4 Å². The summed E-state index contributed by atoms with van der Waals surface area (Å²) in [5.41, 5.74) is 2.02. The summed E-state index contributed by atoms with van der Waals surface area (Å²) in [5, 5.41) is 2.31. The van der Waals surface area contributed by atoms with Crippen LogP contribution in [0.5, 0.6) is 5.75 Å². The van der Waals surface area contributed by atoms with Crippen molar-refractivity contribution in [1.82, 2.24) is 20.0 Å². The molecule has 1 unspecified atom stereocenters. The molecule has 5 amide bonds. The van der Waals surface area contributed by atoms with Gasteiger partial charge in [0.15, 0.2) is 0 Å². The highest BCUT2D eigenvalue weighted by molar-refractivity contribution is 6.05. The molecule has 2 saturated heterocycles. The Hall–Kier alpha value is -4.41. The Balaban J connectivity index is 1.16. The number of benzene rings is 2. The normalized spacial score (nSPS) is 19.1. The Kier molecular flexibility index (Phi) is 7.70. The van der Waals surface area contributed by atoms with E-state index in [1.54, 1.807) is 40.1 Å². The van der Waals surface area contributed by atoms with E-state index in [-0.39, 0.29) is 43.4 Å². The summed E-state index contributed by atoms with van der Waals surface area (Å²) < 4.78 is 11.5. The number of fused-ring (bicyclic) bond motifs is 1. The lowest BCUT2D eigenvalue weighted by Gasteiger charge is -2.35. The molecule has 0 aromatic heterocycles. The molecule has 0 saturated carbocycles. The fourth-order valence-corrected chi connectivity index (χ4v) is 5.20. The molecule has 0 aliphatic carbocycles. The number of carbonyl (C=O) groups excluding carboxylic acids is 5. The summed E-state index contributed by atoms with van der Waals surface area (Å²) >= 11 is 0. The lowest BCUT2D eigenvalue weighted by Crippen LogP contribution is -2.52. The average molecular weight is 563 g/mol. The lowest BCUT2D eigenvalue weighted by molar-refractivity contribution is -0.136. The van der Waals surface area contributed by atoms with Crippen LogP contribution in [0.25, 0.3) is 0 Å². The zero-order chi connectivity index (χ0) is 29.3. The van der Waals surface area contributed by atoms with E-state index in [2.05, 4.69) is 5.32 Å². The molecule has 3 aliphatic rings. The summed E-state index contributed by atoms with van der Waals surface area (Å²) in [6.07, 6.45) is 0.122. The number of hydrogen-bond donors (Lipinski definition) is 1. The van der Waals surface area contributed by atoms with Crippen molar-refractivity contribution in [2.75, 3.05) is 26.2 Å². The molecule has 1 N–H and O–H groups in total. The van der Waals surface area contributed by atoms with E-state index in [0.29, 0.717) is 55.0 Å². The van der Waals surface area contributed by atoms with Crippen LogP contribution in [0, 0.1) is 0 Å². The zero-order valence-electron chi connectivity index (χ0n) is 23.5. The highest BCUT2D eigenvalue weighted by Crippen LogP contribution is 2.34. The molecular weight excluding hydrogens is 528 g/mol. The van der Waals surface area contributed by atoms with Crippen molar-refractivity contribution in [3.8, 4) is 5.75 Å². The third kappa shape index (κ3) is 6.18. The van der Waals surface area contributed by atoms with Gasteiger partial charge in [0.25, 0.3) is 11.8 Å². The second-order valence-corrected chi connectivity index (χ2v) is 11.4. The van der Waals surface area contributed by atoms with Crippen LogP contribution in [0.4, 0.5) is 4.79 Å². The van der Waals surface area contributed by atoms with Gasteiger partial charge in [0.2, 0.25) is 11.8 Å². The predicted molar refractivity (Wildman–Crippen MR) is 147 cm³/mol. The molecule has 0 spiro atoms. The van der Waals surface area contributed by atoms with E-state index in [4.69, 9.17) is 9.47 Å². The number of nitrogens with one attached hydrogen (secondary N) is 1. The second-order valence-electron chi connectivity index (χ2n) is 11.4. The van der Waals surface area contributed by atoms with Gasteiger partial charge in [0.1, 0.15) is 24.0 Å². The molecular formula is C30H34N4O7. The van der Waals surface area contributed by atoms with E-state index >= 15 is 0 Å². The Labute approximate surface area is 238 Å². The minimum Gasteiger partial charge on any atom is -0.489 e. The third-order valence-electron chi connectivity index (χ3n) is 7.35. The highest BCUT2D eigenvalue weighted by atomic mass is 16.6. The Morgan fingerprint density at radius 1 is 0.951 bits per heavy atom. The van der Waals surface area contributed by atoms with E-state index in [1.807, 2.05) is 32.9 Å². The van der Waals surface area contributed by atoms with E-state index in [1.165, 1.54) is 4.90 Å². The van der Waals surface area contributed by atoms with Crippen LogP contribution in [0.15, 0.2) is 42.5 Å². The summed E-state index contributed by atoms with van der Waals surface area (Å²) in [5.74, 6) is -0.588. The molecule has 1 atom stereocenters. The number of piperidine rings is 1. The fraction of sp³-hybridized carbons (Fsp3) is 0.433. The van der Waals surface area contributed by atoms with Gasteiger partial charge in [-0.3, -0.25) is 24.5 Å². The lowest BCUT2D eigenvalue weighted by atomic mass is 10.0. The van der Waals surface area contributed by atoms with Gasteiger partial charge in [0, 0.05) is 49.3 Å². The maximum absolute atomic E-state index is 13.0. The van der Waals surface area contributed by atoms with Crippen molar-refractivity contribution in [2.45, 2.75) is 58.4 Å². The topological polar surface area (TPSA) is 126 Å². The van der Waals surface area contributed by atoms with Gasteiger partial charge in [-0.1, -0.05) is 18.2 Å². The molecule has 5 rings (SSSR count). The molecule has 0 bridgehead atoms. The minimum absolute atomic E-state index is 0.103. The van der Waals surface area contributed by atoms with Crippen molar-refractivity contribution >= 4 is 29.7 Å². The number of ether oxygens (including phenoxy) is 2. The molecule has 11 nitrogen and oxygen atoms in total. The summed E-state index contributed by atoms with van der Waals surface area (Å²) in [6.45, 7) is 7.61. The summed E-state index contributed by atoms with van der Waals surface area (Å²) in [7, 11) is 0. The summed E-state index contributed by atoms with van der Waals surface area (Å²) in [4.78, 5) is 67.1. The molecule has 3 heterocycles. The van der Waals surface area contributed by atoms with Crippen LogP contribution in [0.3, 0.4) is 0 Å². The van der Waals surface area contributed by atoms with Crippen LogP contribution >= 0.6 is 0 Å².